The number of benzene rings is 2. The van der Waals surface area contributed by atoms with E-state index in [1.807, 2.05) is 55.5 Å². The number of hydrazone groups is 1. The van der Waals surface area contributed by atoms with E-state index in [4.69, 9.17) is 0 Å². The predicted octanol–water partition coefficient (Wildman–Crippen LogP) is 3.34. The van der Waals surface area contributed by atoms with Gasteiger partial charge in [-0.1, -0.05) is 40.2 Å². The lowest BCUT2D eigenvalue weighted by molar-refractivity contribution is -0.121. The monoisotopic (exact) mass is 370 g/mol. The minimum atomic E-state index is -0.190. The van der Waals surface area contributed by atoms with E-state index in [2.05, 4.69) is 31.4 Å². The van der Waals surface area contributed by atoms with Crippen LogP contribution in [0.1, 0.15) is 12.5 Å². The second kappa shape index (κ2) is 6.75. The third-order valence-corrected chi connectivity index (χ3v) is 3.98. The SMILES string of the molecule is C/C(=N\NC(=O)Cn1cnc2ccccc21)c1ccc(Br)cc1. The molecule has 0 aliphatic rings. The van der Waals surface area contributed by atoms with Gasteiger partial charge in [-0.2, -0.15) is 5.10 Å². The van der Waals surface area contributed by atoms with Crippen molar-refractivity contribution in [2.45, 2.75) is 13.5 Å². The predicted molar refractivity (Wildman–Crippen MR) is 94.2 cm³/mol. The van der Waals surface area contributed by atoms with Gasteiger partial charge in [0.25, 0.3) is 5.91 Å². The number of amides is 1. The third-order valence-electron chi connectivity index (χ3n) is 3.45. The number of halogens is 1. The van der Waals surface area contributed by atoms with Crippen LogP contribution < -0.4 is 5.43 Å². The van der Waals surface area contributed by atoms with Crippen molar-refractivity contribution in [3.8, 4) is 0 Å². The summed E-state index contributed by atoms with van der Waals surface area (Å²) in [6.45, 7) is 2.04. The van der Waals surface area contributed by atoms with Crippen molar-refractivity contribution in [2.75, 3.05) is 0 Å². The molecule has 0 unspecified atom stereocenters. The summed E-state index contributed by atoms with van der Waals surface area (Å²) in [5, 5.41) is 4.15. The van der Waals surface area contributed by atoms with Crippen molar-refractivity contribution in [1.82, 2.24) is 15.0 Å². The summed E-state index contributed by atoms with van der Waals surface area (Å²) in [6.07, 6.45) is 1.66. The van der Waals surface area contributed by atoms with E-state index in [0.29, 0.717) is 0 Å². The zero-order chi connectivity index (χ0) is 16.2. The highest BCUT2D eigenvalue weighted by Crippen LogP contribution is 2.12. The number of fused-ring (bicyclic) bond motifs is 1. The van der Waals surface area contributed by atoms with Crippen molar-refractivity contribution >= 4 is 38.6 Å². The van der Waals surface area contributed by atoms with Crippen LogP contribution in [-0.2, 0) is 11.3 Å². The maximum atomic E-state index is 12.1. The Morgan fingerprint density at radius 1 is 1.22 bits per heavy atom. The minimum Gasteiger partial charge on any atom is -0.321 e. The number of aromatic nitrogens is 2. The third kappa shape index (κ3) is 3.65. The average Bonchev–Trinajstić information content (AvgIpc) is 2.96. The Balaban J connectivity index is 1.67. The molecule has 0 atom stereocenters. The van der Waals surface area contributed by atoms with Gasteiger partial charge in [-0.3, -0.25) is 4.79 Å². The Morgan fingerprint density at radius 3 is 2.74 bits per heavy atom. The quantitative estimate of drug-likeness (QED) is 0.565. The lowest BCUT2D eigenvalue weighted by Gasteiger charge is -2.05. The fourth-order valence-corrected chi connectivity index (χ4v) is 2.49. The maximum absolute atomic E-state index is 12.1. The van der Waals surface area contributed by atoms with Gasteiger partial charge in [0.15, 0.2) is 0 Å². The number of carbonyl (C=O) groups excluding carboxylic acids is 1. The highest BCUT2D eigenvalue weighted by molar-refractivity contribution is 9.10. The van der Waals surface area contributed by atoms with Crippen molar-refractivity contribution in [2.24, 2.45) is 5.10 Å². The average molecular weight is 371 g/mol. The highest BCUT2D eigenvalue weighted by Gasteiger charge is 2.06. The molecule has 0 spiro atoms. The molecule has 0 aliphatic carbocycles. The summed E-state index contributed by atoms with van der Waals surface area (Å²) in [5.74, 6) is -0.190. The highest BCUT2D eigenvalue weighted by atomic mass is 79.9. The molecule has 0 aliphatic heterocycles. The Kier molecular flexibility index (Phi) is 4.52. The molecule has 3 aromatic rings. The Bertz CT molecular complexity index is 868. The second-order valence-corrected chi connectivity index (χ2v) is 6.02. The molecule has 1 heterocycles. The van der Waals surface area contributed by atoms with Crippen LogP contribution in [0.15, 0.2) is 64.4 Å². The minimum absolute atomic E-state index is 0.178. The normalized spacial score (nSPS) is 11.7. The van der Waals surface area contributed by atoms with Crippen molar-refractivity contribution in [3.05, 3.63) is 64.9 Å². The van der Waals surface area contributed by atoms with Crippen LogP contribution in [-0.4, -0.2) is 21.2 Å². The summed E-state index contributed by atoms with van der Waals surface area (Å²) in [4.78, 5) is 16.3. The number of nitrogens with one attached hydrogen (secondary N) is 1. The molecule has 0 saturated heterocycles. The number of hydrogen-bond acceptors (Lipinski definition) is 3. The van der Waals surface area contributed by atoms with Gasteiger partial charge < -0.3 is 4.57 Å². The molecular weight excluding hydrogens is 356 g/mol. The Hall–Kier alpha value is -2.47. The Labute approximate surface area is 142 Å². The van der Waals surface area contributed by atoms with Crippen LogP contribution in [0, 0.1) is 0 Å². The van der Waals surface area contributed by atoms with Gasteiger partial charge in [-0.05, 0) is 36.8 Å². The van der Waals surface area contributed by atoms with Crippen LogP contribution in [0.5, 0.6) is 0 Å². The summed E-state index contributed by atoms with van der Waals surface area (Å²) in [7, 11) is 0. The lowest BCUT2D eigenvalue weighted by atomic mass is 10.1. The van der Waals surface area contributed by atoms with E-state index in [9.17, 15) is 4.79 Å². The number of hydrogen-bond donors (Lipinski definition) is 1. The molecule has 0 radical (unpaired) electrons. The van der Waals surface area contributed by atoms with Gasteiger partial charge in [-0.15, -0.1) is 0 Å². The van der Waals surface area contributed by atoms with Crippen LogP contribution in [0.4, 0.5) is 0 Å². The molecule has 5 nitrogen and oxygen atoms in total. The molecule has 3 rings (SSSR count). The summed E-state index contributed by atoms with van der Waals surface area (Å²) in [5.41, 5.74) is 6.10. The summed E-state index contributed by atoms with van der Waals surface area (Å²) < 4.78 is 2.81. The molecule has 116 valence electrons. The van der Waals surface area contributed by atoms with E-state index < -0.39 is 0 Å². The summed E-state index contributed by atoms with van der Waals surface area (Å²) in [6, 6.07) is 15.5. The topological polar surface area (TPSA) is 59.3 Å². The molecule has 1 N–H and O–H groups in total. The molecule has 0 bridgehead atoms. The van der Waals surface area contributed by atoms with Gasteiger partial charge in [0.2, 0.25) is 0 Å². The first kappa shape index (κ1) is 15.4. The van der Waals surface area contributed by atoms with E-state index in [1.54, 1.807) is 10.9 Å². The first-order valence-corrected chi connectivity index (χ1v) is 7.92. The van der Waals surface area contributed by atoms with E-state index >= 15 is 0 Å². The van der Waals surface area contributed by atoms with Gasteiger partial charge >= 0.3 is 0 Å². The Morgan fingerprint density at radius 2 is 1.96 bits per heavy atom. The smallest absolute Gasteiger partial charge is 0.260 e. The fourth-order valence-electron chi connectivity index (χ4n) is 2.23. The van der Waals surface area contributed by atoms with E-state index in [1.165, 1.54) is 0 Å². The van der Waals surface area contributed by atoms with Gasteiger partial charge in [-0.25, -0.2) is 10.4 Å². The largest absolute Gasteiger partial charge is 0.321 e. The van der Waals surface area contributed by atoms with E-state index in [0.717, 1.165) is 26.8 Å². The molecular formula is C17H15BrN4O. The number of rotatable bonds is 4. The first-order valence-electron chi connectivity index (χ1n) is 7.12. The van der Waals surface area contributed by atoms with Crippen molar-refractivity contribution < 1.29 is 4.79 Å². The summed E-state index contributed by atoms with van der Waals surface area (Å²) >= 11 is 3.39. The molecule has 0 saturated carbocycles. The van der Waals surface area contributed by atoms with Crippen LogP contribution in [0.25, 0.3) is 11.0 Å². The van der Waals surface area contributed by atoms with Crippen LogP contribution >= 0.6 is 15.9 Å². The standard InChI is InChI=1S/C17H15BrN4O/c1-12(13-6-8-14(18)9-7-13)20-21-17(23)10-22-11-19-15-4-2-3-5-16(15)22/h2-9,11H,10H2,1H3,(H,21,23)/b20-12+. The van der Waals surface area contributed by atoms with Gasteiger partial charge in [0.1, 0.15) is 6.54 Å². The number of para-hydroxylation sites is 2. The number of imidazole rings is 1. The van der Waals surface area contributed by atoms with Gasteiger partial charge in [0, 0.05) is 4.47 Å². The first-order chi connectivity index (χ1) is 11.1. The van der Waals surface area contributed by atoms with E-state index in [-0.39, 0.29) is 12.5 Å². The zero-order valence-electron chi connectivity index (χ0n) is 12.5. The molecule has 23 heavy (non-hydrogen) atoms. The lowest BCUT2D eigenvalue weighted by Crippen LogP contribution is -2.24. The maximum Gasteiger partial charge on any atom is 0.260 e. The molecule has 1 aromatic heterocycles. The molecule has 6 heteroatoms. The van der Waals surface area contributed by atoms with Gasteiger partial charge in [0.05, 0.1) is 23.1 Å². The zero-order valence-corrected chi connectivity index (χ0v) is 14.1. The number of carbonyl (C=O) groups is 1. The van der Waals surface area contributed by atoms with Crippen LogP contribution in [0.3, 0.4) is 0 Å². The molecule has 1 amide bonds. The molecule has 2 aromatic carbocycles. The van der Waals surface area contributed by atoms with Crippen LogP contribution in [0.2, 0.25) is 0 Å². The second-order valence-electron chi connectivity index (χ2n) is 5.10. The molecule has 0 fully saturated rings. The van der Waals surface area contributed by atoms with Crippen molar-refractivity contribution in [3.63, 3.8) is 0 Å². The fraction of sp³-hybridized carbons (Fsp3) is 0.118. The number of nitrogens with zero attached hydrogens (tertiary/aromatic N) is 3. The van der Waals surface area contributed by atoms with Crippen molar-refractivity contribution in [1.29, 1.82) is 0 Å².